The first kappa shape index (κ1) is 24.1. The number of aromatic amines is 1. The van der Waals surface area contributed by atoms with E-state index in [1.807, 2.05) is 21.9 Å². The molecule has 3 aliphatic heterocycles. The van der Waals surface area contributed by atoms with E-state index in [-0.39, 0.29) is 17.7 Å². The predicted octanol–water partition coefficient (Wildman–Crippen LogP) is 2.22. The Morgan fingerprint density at radius 3 is 2.55 bits per heavy atom. The van der Waals surface area contributed by atoms with Crippen LogP contribution in [0.15, 0.2) is 12.1 Å². The number of rotatable bonds is 6. The molecule has 0 bridgehead atoms. The number of nitrogens with one attached hydrogen (secondary N) is 1. The van der Waals surface area contributed by atoms with Gasteiger partial charge >= 0.3 is 0 Å². The van der Waals surface area contributed by atoms with Gasteiger partial charge in [-0.2, -0.15) is 15.4 Å². The molecule has 38 heavy (non-hydrogen) atoms. The van der Waals surface area contributed by atoms with Crippen molar-refractivity contribution in [3.8, 4) is 5.88 Å². The van der Waals surface area contributed by atoms with Crippen LogP contribution in [0.4, 0.5) is 0 Å². The van der Waals surface area contributed by atoms with Gasteiger partial charge in [0.1, 0.15) is 0 Å². The van der Waals surface area contributed by atoms with Crippen LogP contribution >= 0.6 is 0 Å². The third-order valence-corrected chi connectivity index (χ3v) is 9.09. The summed E-state index contributed by atoms with van der Waals surface area (Å²) in [6.07, 6.45) is 6.72. The third-order valence-electron chi connectivity index (χ3n) is 9.09. The van der Waals surface area contributed by atoms with Gasteiger partial charge in [-0.15, -0.1) is 0 Å². The van der Waals surface area contributed by atoms with E-state index in [0.717, 1.165) is 81.9 Å². The molecule has 0 spiro atoms. The number of hydrogen-bond donors (Lipinski definition) is 1. The summed E-state index contributed by atoms with van der Waals surface area (Å²) in [6.45, 7) is 4.99. The fraction of sp³-hybridized carbons (Fsp3) is 0.679. The zero-order valence-electron chi connectivity index (χ0n) is 21.8. The average molecular weight is 521 g/mol. The summed E-state index contributed by atoms with van der Waals surface area (Å²) in [5.41, 5.74) is 3.59. The summed E-state index contributed by atoms with van der Waals surface area (Å²) in [4.78, 5) is 35.6. The molecule has 0 aromatic carbocycles. The smallest absolute Gasteiger partial charge is 0.254 e. The number of aromatic nitrogens is 4. The predicted molar refractivity (Wildman–Crippen MR) is 137 cm³/mol. The number of carbonyl (C=O) groups is 2. The van der Waals surface area contributed by atoms with Crippen LogP contribution in [0.5, 0.6) is 5.88 Å². The van der Waals surface area contributed by atoms with Crippen LogP contribution < -0.4 is 4.74 Å². The van der Waals surface area contributed by atoms with Gasteiger partial charge in [-0.05, 0) is 44.6 Å². The largest absolute Gasteiger partial charge is 0.477 e. The quantitative estimate of drug-likeness (QED) is 0.621. The second-order valence-electron chi connectivity index (χ2n) is 11.9. The van der Waals surface area contributed by atoms with Gasteiger partial charge in [0.2, 0.25) is 11.8 Å². The van der Waals surface area contributed by atoms with Crippen LogP contribution in [0.25, 0.3) is 0 Å². The number of likely N-dealkylation sites (tertiary alicyclic amines) is 2. The molecule has 5 aliphatic rings. The van der Waals surface area contributed by atoms with Crippen molar-refractivity contribution in [1.82, 2.24) is 30.2 Å². The van der Waals surface area contributed by atoms with Crippen LogP contribution in [0, 0.1) is 23.7 Å². The highest BCUT2D eigenvalue weighted by Gasteiger charge is 2.45. The van der Waals surface area contributed by atoms with E-state index in [1.165, 1.54) is 0 Å². The number of aryl methyl sites for hydroxylation is 1. The number of pyridine rings is 1. The second-order valence-corrected chi connectivity index (χ2v) is 11.9. The maximum Gasteiger partial charge on any atom is 0.254 e. The average Bonchev–Trinajstić information content (AvgIpc) is 3.37. The lowest BCUT2D eigenvalue weighted by Crippen LogP contribution is -2.40. The van der Waals surface area contributed by atoms with E-state index in [9.17, 15) is 9.59 Å². The Morgan fingerprint density at radius 1 is 1.00 bits per heavy atom. The summed E-state index contributed by atoms with van der Waals surface area (Å²) in [6, 6.07) is 3.80. The van der Waals surface area contributed by atoms with E-state index >= 15 is 0 Å². The standard InChI is InChI=1S/C28H36N6O4/c35-27(19-5-6-23-25(8-19)31-32-30-23)33-11-21-13-34(14-22(21)12-33)28(36)20-9-24(18-3-4-18)29-26(10-20)38-16-17-2-1-7-37-15-17/h9-10,17-19,21-22H,1-8,11-16H2,(H,30,31,32)/t17?,19-,21+,22+/m1/s1. The highest BCUT2D eigenvalue weighted by atomic mass is 16.5. The molecule has 1 unspecified atom stereocenters. The maximum absolute atomic E-state index is 13.6. The molecule has 2 aromatic rings. The summed E-state index contributed by atoms with van der Waals surface area (Å²) in [5, 5.41) is 11.1. The zero-order chi connectivity index (χ0) is 25.6. The molecule has 10 nitrogen and oxygen atoms in total. The van der Waals surface area contributed by atoms with Crippen molar-refractivity contribution in [2.45, 2.75) is 50.9 Å². The summed E-state index contributed by atoms with van der Waals surface area (Å²) >= 11 is 0. The van der Waals surface area contributed by atoms with Gasteiger partial charge < -0.3 is 19.3 Å². The summed E-state index contributed by atoms with van der Waals surface area (Å²) in [7, 11) is 0. The minimum atomic E-state index is -0.0135. The van der Waals surface area contributed by atoms with E-state index in [2.05, 4.69) is 15.4 Å². The lowest BCUT2D eigenvalue weighted by Gasteiger charge is -2.27. The number of fused-ring (bicyclic) bond motifs is 2. The van der Waals surface area contributed by atoms with Crippen LogP contribution in [0.2, 0.25) is 0 Å². The van der Waals surface area contributed by atoms with E-state index in [0.29, 0.717) is 61.2 Å². The monoisotopic (exact) mass is 520 g/mol. The van der Waals surface area contributed by atoms with Crippen LogP contribution in [-0.4, -0.2) is 88.0 Å². The Balaban J connectivity index is 0.980. The Hall–Kier alpha value is -3.01. The molecule has 202 valence electrons. The Morgan fingerprint density at radius 2 is 1.79 bits per heavy atom. The molecule has 0 radical (unpaired) electrons. The van der Waals surface area contributed by atoms with Gasteiger partial charge in [0.25, 0.3) is 5.91 Å². The first-order chi connectivity index (χ1) is 18.6. The fourth-order valence-corrected chi connectivity index (χ4v) is 6.73. The van der Waals surface area contributed by atoms with Crippen molar-refractivity contribution < 1.29 is 19.1 Å². The van der Waals surface area contributed by atoms with Crippen molar-refractivity contribution in [1.29, 1.82) is 0 Å². The van der Waals surface area contributed by atoms with Crippen molar-refractivity contribution >= 4 is 11.8 Å². The second kappa shape index (κ2) is 9.94. The Labute approximate surface area is 222 Å². The number of hydrogen-bond acceptors (Lipinski definition) is 7. The van der Waals surface area contributed by atoms with Crippen molar-refractivity contribution in [3.05, 3.63) is 34.8 Å². The first-order valence-corrected chi connectivity index (χ1v) is 14.3. The molecule has 1 saturated carbocycles. The highest BCUT2D eigenvalue weighted by Crippen LogP contribution is 2.40. The van der Waals surface area contributed by atoms with Crippen LogP contribution in [0.1, 0.15) is 65.5 Å². The van der Waals surface area contributed by atoms with E-state index in [4.69, 9.17) is 14.5 Å². The van der Waals surface area contributed by atoms with Crippen molar-refractivity contribution in [3.63, 3.8) is 0 Å². The zero-order valence-corrected chi connectivity index (χ0v) is 21.8. The van der Waals surface area contributed by atoms with Gasteiger partial charge in [0.15, 0.2) is 0 Å². The Kier molecular flexibility index (Phi) is 6.30. The SMILES string of the molecule is O=C(c1cc(OCC2CCCOC2)nc(C2CC2)c1)N1C[C@@H]2CN(C(=O)[C@@H]3CCc4n[nH]nc4C3)C[C@H]2C1. The molecule has 4 atom stereocenters. The molecule has 3 saturated heterocycles. The molecule has 10 heteroatoms. The molecular formula is C28H36N6O4. The molecule has 7 rings (SSSR count). The van der Waals surface area contributed by atoms with Gasteiger partial charge in [0, 0.05) is 86.1 Å². The molecule has 2 aliphatic carbocycles. The number of amides is 2. The number of nitrogens with zero attached hydrogens (tertiary/aromatic N) is 5. The molecule has 5 heterocycles. The lowest BCUT2D eigenvalue weighted by atomic mass is 9.89. The number of carbonyl (C=O) groups excluding carboxylic acids is 2. The number of ether oxygens (including phenoxy) is 2. The first-order valence-electron chi connectivity index (χ1n) is 14.3. The van der Waals surface area contributed by atoms with Gasteiger partial charge in [-0.1, -0.05) is 0 Å². The van der Waals surface area contributed by atoms with E-state index in [1.54, 1.807) is 0 Å². The maximum atomic E-state index is 13.6. The van der Waals surface area contributed by atoms with Gasteiger partial charge in [-0.25, -0.2) is 4.98 Å². The molecular weight excluding hydrogens is 484 g/mol. The lowest BCUT2D eigenvalue weighted by molar-refractivity contribution is -0.135. The van der Waals surface area contributed by atoms with Crippen LogP contribution in [0.3, 0.4) is 0 Å². The minimum absolute atomic E-state index is 0.0135. The van der Waals surface area contributed by atoms with Crippen molar-refractivity contribution in [2.24, 2.45) is 23.7 Å². The number of H-pyrrole nitrogens is 1. The molecule has 4 fully saturated rings. The Bertz CT molecular complexity index is 1190. The van der Waals surface area contributed by atoms with Crippen molar-refractivity contribution in [2.75, 3.05) is 46.0 Å². The summed E-state index contributed by atoms with van der Waals surface area (Å²) < 4.78 is 11.7. The topological polar surface area (TPSA) is 114 Å². The van der Waals surface area contributed by atoms with Gasteiger partial charge in [-0.3, -0.25) is 9.59 Å². The third kappa shape index (κ3) is 4.79. The normalized spacial score (nSPS) is 28.7. The molecule has 1 N–H and O–H groups in total. The molecule has 2 amide bonds. The minimum Gasteiger partial charge on any atom is -0.477 e. The van der Waals surface area contributed by atoms with Gasteiger partial charge in [0.05, 0.1) is 24.6 Å². The highest BCUT2D eigenvalue weighted by molar-refractivity contribution is 5.95. The fourth-order valence-electron chi connectivity index (χ4n) is 6.73. The van der Waals surface area contributed by atoms with E-state index < -0.39 is 0 Å². The van der Waals surface area contributed by atoms with Crippen LogP contribution in [-0.2, 0) is 22.4 Å². The summed E-state index contributed by atoms with van der Waals surface area (Å²) in [5.74, 6) is 2.32. The molecule has 2 aromatic heterocycles.